The first-order valence-corrected chi connectivity index (χ1v) is 15.5. The molecule has 2 aliphatic carbocycles. The summed E-state index contributed by atoms with van der Waals surface area (Å²) in [5.41, 5.74) is 1.69. The second-order valence-electron chi connectivity index (χ2n) is 12.2. The smallest absolute Gasteiger partial charge is 0.251 e. The van der Waals surface area contributed by atoms with Crippen molar-refractivity contribution in [2.75, 3.05) is 50.8 Å². The van der Waals surface area contributed by atoms with E-state index in [4.69, 9.17) is 9.47 Å². The lowest BCUT2D eigenvalue weighted by atomic mass is 9.83. The maximum atomic E-state index is 14.0. The number of hydrogen-bond donors (Lipinski definition) is 1. The van der Waals surface area contributed by atoms with E-state index in [-0.39, 0.29) is 36.2 Å². The van der Waals surface area contributed by atoms with Crippen LogP contribution in [0.1, 0.15) is 68.6 Å². The van der Waals surface area contributed by atoms with Crippen molar-refractivity contribution in [2.45, 2.75) is 88.6 Å². The molecule has 3 aliphatic heterocycles. The van der Waals surface area contributed by atoms with Gasteiger partial charge >= 0.3 is 0 Å². The number of anilines is 1. The molecular formula is C31H44N4O5. The minimum atomic E-state index is -0.665. The Kier molecular flexibility index (Phi) is 8.42. The van der Waals surface area contributed by atoms with Gasteiger partial charge in [-0.15, -0.1) is 0 Å². The summed E-state index contributed by atoms with van der Waals surface area (Å²) in [5.74, 6) is -0.453. The van der Waals surface area contributed by atoms with Gasteiger partial charge in [0.2, 0.25) is 5.91 Å². The molecule has 0 radical (unpaired) electrons. The van der Waals surface area contributed by atoms with Crippen LogP contribution in [0, 0.1) is 5.92 Å². The number of ether oxygens (including phenoxy) is 2. The molecule has 6 rings (SSSR count). The zero-order chi connectivity index (χ0) is 27.6. The normalized spacial score (nSPS) is 28.8. The van der Waals surface area contributed by atoms with Crippen molar-refractivity contribution in [3.63, 3.8) is 0 Å². The van der Waals surface area contributed by atoms with Crippen molar-refractivity contribution in [1.29, 1.82) is 0 Å². The van der Waals surface area contributed by atoms with Gasteiger partial charge in [0.15, 0.2) is 5.78 Å². The minimum Gasteiger partial charge on any atom is -0.374 e. The van der Waals surface area contributed by atoms with Crippen molar-refractivity contribution >= 4 is 23.3 Å². The monoisotopic (exact) mass is 552 g/mol. The number of piperazine rings is 1. The summed E-state index contributed by atoms with van der Waals surface area (Å²) in [7, 11) is 0. The van der Waals surface area contributed by atoms with Gasteiger partial charge in [0, 0.05) is 50.1 Å². The summed E-state index contributed by atoms with van der Waals surface area (Å²) >= 11 is 0. The van der Waals surface area contributed by atoms with Crippen LogP contribution in [0.25, 0.3) is 0 Å². The van der Waals surface area contributed by atoms with Crippen molar-refractivity contribution in [3.8, 4) is 0 Å². The molecule has 4 atom stereocenters. The van der Waals surface area contributed by atoms with Crippen LogP contribution < -0.4 is 10.2 Å². The summed E-state index contributed by atoms with van der Waals surface area (Å²) < 4.78 is 11.6. The number of rotatable bonds is 8. The van der Waals surface area contributed by atoms with E-state index in [2.05, 4.69) is 15.1 Å². The van der Waals surface area contributed by atoms with Gasteiger partial charge in [-0.3, -0.25) is 19.3 Å². The Morgan fingerprint density at radius 1 is 1.00 bits per heavy atom. The topological polar surface area (TPSA) is 91.4 Å². The van der Waals surface area contributed by atoms with Crippen molar-refractivity contribution < 1.29 is 23.9 Å². The van der Waals surface area contributed by atoms with E-state index in [1.54, 1.807) is 4.90 Å². The second-order valence-corrected chi connectivity index (χ2v) is 12.2. The number of nitrogens with zero attached hydrogens (tertiary/aromatic N) is 3. The predicted molar refractivity (Wildman–Crippen MR) is 151 cm³/mol. The van der Waals surface area contributed by atoms with Gasteiger partial charge in [-0.2, -0.15) is 0 Å². The highest BCUT2D eigenvalue weighted by molar-refractivity contribution is 5.99. The van der Waals surface area contributed by atoms with E-state index in [0.717, 1.165) is 70.0 Å². The molecule has 3 saturated heterocycles. The maximum absolute atomic E-state index is 14.0. The largest absolute Gasteiger partial charge is 0.374 e. The lowest BCUT2D eigenvalue weighted by Crippen LogP contribution is -2.55. The third-order valence-corrected chi connectivity index (χ3v) is 9.88. The van der Waals surface area contributed by atoms with Gasteiger partial charge < -0.3 is 24.6 Å². The fourth-order valence-corrected chi connectivity index (χ4v) is 7.37. The molecule has 0 bridgehead atoms. The third-order valence-electron chi connectivity index (χ3n) is 9.88. The Bertz CT molecular complexity index is 1060. The van der Waals surface area contributed by atoms with Crippen molar-refractivity contribution in [1.82, 2.24) is 15.1 Å². The molecule has 2 amide bonds. The number of Topliss-reactive ketones (excluding diaryl/α,β-unsaturated/α-hetero) is 1. The summed E-state index contributed by atoms with van der Waals surface area (Å²) in [6.07, 6.45) is 8.31. The first-order valence-electron chi connectivity index (χ1n) is 15.5. The van der Waals surface area contributed by atoms with Crippen molar-refractivity contribution in [3.05, 3.63) is 29.8 Å². The zero-order valence-corrected chi connectivity index (χ0v) is 23.8. The van der Waals surface area contributed by atoms with E-state index in [1.807, 2.05) is 31.2 Å². The molecule has 0 spiro atoms. The Morgan fingerprint density at radius 3 is 2.38 bits per heavy atom. The Balaban J connectivity index is 1.13. The number of carbonyl (C=O) groups is 3. The van der Waals surface area contributed by atoms with E-state index in [9.17, 15) is 14.4 Å². The number of fused-ring (bicyclic) bond motifs is 1. The first kappa shape index (κ1) is 27.7. The summed E-state index contributed by atoms with van der Waals surface area (Å²) in [4.78, 5) is 46.9. The molecule has 1 N–H and O–H groups in total. The second kappa shape index (κ2) is 12.2. The molecular weight excluding hydrogens is 508 g/mol. The minimum absolute atomic E-state index is 0.00508. The fourth-order valence-electron chi connectivity index (χ4n) is 7.37. The molecule has 5 aliphatic rings. The van der Waals surface area contributed by atoms with Gasteiger partial charge in [0.25, 0.3) is 5.91 Å². The van der Waals surface area contributed by atoms with Crippen LogP contribution in [0.2, 0.25) is 0 Å². The van der Waals surface area contributed by atoms with Crippen molar-refractivity contribution in [2.24, 2.45) is 5.92 Å². The van der Waals surface area contributed by atoms with E-state index in [1.165, 1.54) is 19.3 Å². The van der Waals surface area contributed by atoms with Crippen LogP contribution in [0.15, 0.2) is 24.3 Å². The van der Waals surface area contributed by atoms with Crippen LogP contribution in [-0.2, 0) is 19.1 Å². The number of hydrogen-bond acceptors (Lipinski definition) is 7. The third kappa shape index (κ3) is 5.52. The quantitative estimate of drug-likeness (QED) is 0.530. The number of benzene rings is 1. The lowest BCUT2D eigenvalue weighted by molar-refractivity contribution is -0.139. The Morgan fingerprint density at radius 2 is 1.73 bits per heavy atom. The van der Waals surface area contributed by atoms with Gasteiger partial charge in [-0.05, 0) is 62.8 Å². The Hall–Kier alpha value is -2.49. The van der Waals surface area contributed by atoms with Crippen LogP contribution >= 0.6 is 0 Å². The van der Waals surface area contributed by atoms with Crippen LogP contribution in [0.3, 0.4) is 0 Å². The standard InChI is InChI=1S/C31H44N4O5/c1-2-39-26-19-35(28-25(36)20-40-29(26)28)31(38)27(21-7-4-3-5-8-21)32-30(37)22-11-13-24(14-12-22)34-17-15-33(16-18-34)23-9-6-10-23/h11-14,21,23,26-29H,2-10,15-20H2,1H3,(H,32,37)/t26-,27-,28+,29+/m0/s1. The molecule has 5 fully saturated rings. The maximum Gasteiger partial charge on any atom is 0.251 e. The number of nitrogens with one attached hydrogen (secondary N) is 1. The molecule has 40 heavy (non-hydrogen) atoms. The molecule has 218 valence electrons. The average Bonchev–Trinajstić information content (AvgIpc) is 3.52. The Labute approximate surface area is 237 Å². The van der Waals surface area contributed by atoms with Gasteiger partial charge in [0.1, 0.15) is 30.9 Å². The molecule has 9 nitrogen and oxygen atoms in total. The highest BCUT2D eigenvalue weighted by Crippen LogP contribution is 2.33. The molecule has 9 heteroatoms. The highest BCUT2D eigenvalue weighted by Gasteiger charge is 2.54. The van der Waals surface area contributed by atoms with E-state index < -0.39 is 18.2 Å². The van der Waals surface area contributed by atoms with Gasteiger partial charge in [-0.25, -0.2) is 0 Å². The highest BCUT2D eigenvalue weighted by atomic mass is 16.6. The molecule has 1 aromatic carbocycles. The fraction of sp³-hybridized carbons (Fsp3) is 0.710. The van der Waals surface area contributed by atoms with Crippen LogP contribution in [0.5, 0.6) is 0 Å². The van der Waals surface area contributed by atoms with Crippen LogP contribution in [0.4, 0.5) is 5.69 Å². The number of ketones is 1. The SMILES string of the molecule is CCO[C@H]1CN(C(=O)[C@@H](NC(=O)c2ccc(N3CCN(C4CCC4)CC3)cc2)C2CCCCC2)[C@@H]2C(=O)CO[C@H]12. The van der Waals surface area contributed by atoms with E-state index in [0.29, 0.717) is 18.7 Å². The van der Waals surface area contributed by atoms with Gasteiger partial charge in [0.05, 0.1) is 6.54 Å². The zero-order valence-electron chi connectivity index (χ0n) is 23.8. The lowest BCUT2D eigenvalue weighted by Gasteiger charge is -2.43. The molecule has 1 aromatic rings. The first-order chi connectivity index (χ1) is 19.5. The van der Waals surface area contributed by atoms with Gasteiger partial charge in [-0.1, -0.05) is 25.7 Å². The number of amides is 2. The molecule has 0 unspecified atom stereocenters. The number of likely N-dealkylation sites (tertiary alicyclic amines) is 1. The molecule has 0 aromatic heterocycles. The number of carbonyl (C=O) groups excluding carboxylic acids is 3. The van der Waals surface area contributed by atoms with E-state index >= 15 is 0 Å². The summed E-state index contributed by atoms with van der Waals surface area (Å²) in [6, 6.07) is 7.28. The van der Waals surface area contributed by atoms with Crippen LogP contribution in [-0.4, -0.2) is 104 Å². The summed E-state index contributed by atoms with van der Waals surface area (Å²) in [5, 5.41) is 3.11. The molecule has 2 saturated carbocycles. The summed E-state index contributed by atoms with van der Waals surface area (Å²) in [6.45, 7) is 6.90. The predicted octanol–water partition coefficient (Wildman–Crippen LogP) is 2.62. The molecule has 3 heterocycles. The average molecular weight is 553 g/mol.